The van der Waals surface area contributed by atoms with Gasteiger partial charge in [-0.15, -0.1) is 0 Å². The van der Waals surface area contributed by atoms with E-state index in [-0.39, 0.29) is 11.3 Å². The Bertz CT molecular complexity index is 820. The monoisotopic (exact) mass is 432 g/mol. The molecule has 0 radical (unpaired) electrons. The van der Waals surface area contributed by atoms with Gasteiger partial charge in [-0.05, 0) is 99.2 Å². The van der Waals surface area contributed by atoms with Gasteiger partial charge < -0.3 is 5.11 Å². The molecule has 9 atom stereocenters. The number of aromatic nitrogens is 2. The molecule has 0 amide bonds. The molecule has 1 heterocycles. The predicted molar refractivity (Wildman–Crippen MR) is 118 cm³/mol. The maximum atomic E-state index is 13.4. The lowest BCUT2D eigenvalue weighted by atomic mass is 9.48. The molecule has 0 saturated heterocycles. The van der Waals surface area contributed by atoms with Crippen molar-refractivity contribution in [3.05, 3.63) is 17.4 Å². The largest absolute Gasteiger partial charge is 0.390 e. The third-order valence-electron chi connectivity index (χ3n) is 9.86. The summed E-state index contributed by atoms with van der Waals surface area (Å²) in [7, 11) is 0. The molecule has 0 aromatic carbocycles. The zero-order valence-corrected chi connectivity index (χ0v) is 19.4. The SMILES string of the molecule is C[C@@H]1C[C@H](C(=O)Cn2cc(Cl)cn2)[C@@]2(C)CC[C@H]3[C@@H](CC[C@@H]4C[C@](C)(O)CC[C@@H]43)[C@H]12. The molecule has 0 unspecified atom stereocenters. The Morgan fingerprint density at radius 3 is 2.70 bits per heavy atom. The van der Waals surface area contributed by atoms with Gasteiger partial charge >= 0.3 is 0 Å². The van der Waals surface area contributed by atoms with Crippen molar-refractivity contribution in [3.8, 4) is 0 Å². The van der Waals surface area contributed by atoms with Gasteiger partial charge in [-0.2, -0.15) is 5.10 Å². The van der Waals surface area contributed by atoms with E-state index in [1.165, 1.54) is 32.1 Å². The van der Waals surface area contributed by atoms with Crippen LogP contribution < -0.4 is 0 Å². The summed E-state index contributed by atoms with van der Waals surface area (Å²) < 4.78 is 1.71. The van der Waals surface area contributed by atoms with Crippen LogP contribution in [-0.2, 0) is 11.3 Å². The smallest absolute Gasteiger partial charge is 0.157 e. The average molecular weight is 433 g/mol. The fraction of sp³-hybridized carbons (Fsp3) is 0.840. The second-order valence-electron chi connectivity index (χ2n) is 11.7. The topological polar surface area (TPSA) is 55.1 Å². The summed E-state index contributed by atoms with van der Waals surface area (Å²) in [6.07, 6.45) is 12.6. The van der Waals surface area contributed by atoms with Gasteiger partial charge in [0, 0.05) is 12.1 Å². The summed E-state index contributed by atoms with van der Waals surface area (Å²) in [6, 6.07) is 0. The maximum absolute atomic E-state index is 13.4. The lowest BCUT2D eigenvalue weighted by molar-refractivity contribution is -0.133. The minimum absolute atomic E-state index is 0.127. The van der Waals surface area contributed by atoms with Crippen molar-refractivity contribution in [2.75, 3.05) is 0 Å². The van der Waals surface area contributed by atoms with E-state index < -0.39 is 5.60 Å². The van der Waals surface area contributed by atoms with Crippen LogP contribution in [0.1, 0.15) is 72.1 Å². The number of fused-ring (bicyclic) bond motifs is 5. The molecule has 1 N–H and O–H groups in total. The van der Waals surface area contributed by atoms with Crippen molar-refractivity contribution in [2.24, 2.45) is 46.8 Å². The van der Waals surface area contributed by atoms with Gasteiger partial charge in [-0.3, -0.25) is 9.48 Å². The Balaban J connectivity index is 1.35. The van der Waals surface area contributed by atoms with E-state index in [0.29, 0.717) is 35.1 Å². The molecule has 1 aromatic heterocycles. The normalized spacial score (nSPS) is 48.0. The van der Waals surface area contributed by atoms with Crippen LogP contribution in [0.25, 0.3) is 0 Å². The number of carbonyl (C=O) groups excluding carboxylic acids is 1. The Morgan fingerprint density at radius 2 is 1.97 bits per heavy atom. The predicted octanol–water partition coefficient (Wildman–Crippen LogP) is 5.37. The van der Waals surface area contributed by atoms with Crippen LogP contribution in [0, 0.1) is 46.8 Å². The minimum Gasteiger partial charge on any atom is -0.390 e. The minimum atomic E-state index is -0.454. The van der Waals surface area contributed by atoms with E-state index in [4.69, 9.17) is 11.6 Å². The Kier molecular flexibility index (Phi) is 5.13. The number of halogens is 1. The third-order valence-corrected chi connectivity index (χ3v) is 10.1. The first-order valence-electron chi connectivity index (χ1n) is 12.1. The zero-order valence-electron chi connectivity index (χ0n) is 18.7. The van der Waals surface area contributed by atoms with Gasteiger partial charge in [0.05, 0.1) is 23.4 Å². The molecule has 1 aromatic rings. The standard InChI is InChI=1S/C25H37ClN2O2/c1-15-10-21(22(29)14-28-13-17(26)12-27-28)25(3)9-7-19-18-6-8-24(2,30)11-16(18)4-5-20(19)23(15)25/h12-13,15-16,18-21,23,30H,4-11,14H2,1-3H3/t15-,16-,18+,19-,20-,21-,23+,24-,25-/m1/s1. The second-order valence-corrected chi connectivity index (χ2v) is 12.2. The fourth-order valence-corrected chi connectivity index (χ4v) is 8.97. The molecule has 4 aliphatic carbocycles. The van der Waals surface area contributed by atoms with Crippen LogP contribution in [0.4, 0.5) is 0 Å². The fourth-order valence-electron chi connectivity index (χ4n) is 8.82. The first kappa shape index (κ1) is 21.0. The highest BCUT2D eigenvalue weighted by Crippen LogP contribution is 2.66. The van der Waals surface area contributed by atoms with Crippen molar-refractivity contribution < 1.29 is 9.90 Å². The van der Waals surface area contributed by atoms with Gasteiger partial charge in [0.15, 0.2) is 5.78 Å². The molecule has 5 heteroatoms. The summed E-state index contributed by atoms with van der Waals surface area (Å²) in [6.45, 7) is 7.21. The highest BCUT2D eigenvalue weighted by atomic mass is 35.5. The average Bonchev–Trinajstić information content (AvgIpc) is 3.20. The number of hydrogen-bond donors (Lipinski definition) is 1. The van der Waals surface area contributed by atoms with Crippen LogP contribution >= 0.6 is 11.6 Å². The summed E-state index contributed by atoms with van der Waals surface area (Å²) in [5, 5.41) is 15.4. The van der Waals surface area contributed by atoms with Crippen LogP contribution in [0.2, 0.25) is 5.02 Å². The van der Waals surface area contributed by atoms with Crippen molar-refractivity contribution in [2.45, 2.75) is 84.3 Å². The van der Waals surface area contributed by atoms with Crippen molar-refractivity contribution in [1.82, 2.24) is 9.78 Å². The molecular formula is C25H37ClN2O2. The number of rotatable bonds is 3. The molecule has 4 fully saturated rings. The Morgan fingerprint density at radius 1 is 1.20 bits per heavy atom. The van der Waals surface area contributed by atoms with Gasteiger partial charge in [0.1, 0.15) is 0 Å². The van der Waals surface area contributed by atoms with E-state index in [1.807, 2.05) is 6.92 Å². The van der Waals surface area contributed by atoms with E-state index in [1.54, 1.807) is 17.1 Å². The summed E-state index contributed by atoms with van der Waals surface area (Å²) in [5.74, 6) is 4.83. The number of ketones is 1. The Hall–Kier alpha value is -0.870. The molecule has 166 valence electrons. The summed E-state index contributed by atoms with van der Waals surface area (Å²) in [5.41, 5.74) is -0.327. The zero-order chi connectivity index (χ0) is 21.3. The number of hydrogen-bond acceptors (Lipinski definition) is 3. The van der Waals surface area contributed by atoms with Crippen molar-refractivity contribution in [3.63, 3.8) is 0 Å². The quantitative estimate of drug-likeness (QED) is 0.698. The van der Waals surface area contributed by atoms with Crippen LogP contribution in [-0.4, -0.2) is 26.3 Å². The molecule has 0 aliphatic heterocycles. The molecule has 5 rings (SSSR count). The van der Waals surface area contributed by atoms with Crippen molar-refractivity contribution in [1.29, 1.82) is 0 Å². The highest BCUT2D eigenvalue weighted by Gasteiger charge is 2.60. The van der Waals surface area contributed by atoms with Gasteiger partial charge in [0.25, 0.3) is 0 Å². The molecule has 4 aliphatic rings. The molecule has 0 bridgehead atoms. The second kappa shape index (κ2) is 7.33. The lowest BCUT2D eigenvalue weighted by Crippen LogP contribution is -2.51. The molecule has 30 heavy (non-hydrogen) atoms. The van der Waals surface area contributed by atoms with Crippen LogP contribution in [0.3, 0.4) is 0 Å². The van der Waals surface area contributed by atoms with E-state index in [0.717, 1.165) is 37.0 Å². The van der Waals surface area contributed by atoms with Gasteiger partial charge in [-0.1, -0.05) is 25.4 Å². The highest BCUT2D eigenvalue weighted by molar-refractivity contribution is 6.30. The number of carbonyl (C=O) groups is 1. The number of aliphatic hydroxyl groups is 1. The number of Topliss-reactive ketones (excluding diaryl/α,β-unsaturated/α-hetero) is 1. The maximum Gasteiger partial charge on any atom is 0.157 e. The van der Waals surface area contributed by atoms with Gasteiger partial charge in [-0.25, -0.2) is 0 Å². The third kappa shape index (κ3) is 3.37. The molecule has 0 spiro atoms. The van der Waals surface area contributed by atoms with E-state index >= 15 is 0 Å². The van der Waals surface area contributed by atoms with E-state index in [2.05, 4.69) is 18.9 Å². The first-order valence-corrected chi connectivity index (χ1v) is 12.5. The summed E-state index contributed by atoms with van der Waals surface area (Å²) >= 11 is 6.00. The van der Waals surface area contributed by atoms with Crippen LogP contribution in [0.5, 0.6) is 0 Å². The molecule has 4 saturated carbocycles. The Labute approximate surface area is 185 Å². The van der Waals surface area contributed by atoms with E-state index in [9.17, 15) is 9.90 Å². The summed E-state index contributed by atoms with van der Waals surface area (Å²) in [4.78, 5) is 13.4. The lowest BCUT2D eigenvalue weighted by Gasteiger charge is -2.57. The number of nitrogens with zero attached hydrogens (tertiary/aromatic N) is 2. The molecule has 4 nitrogen and oxygen atoms in total. The first-order chi connectivity index (χ1) is 14.2. The van der Waals surface area contributed by atoms with Gasteiger partial charge in [0.2, 0.25) is 0 Å². The van der Waals surface area contributed by atoms with Crippen molar-refractivity contribution >= 4 is 17.4 Å². The van der Waals surface area contributed by atoms with Crippen LogP contribution in [0.15, 0.2) is 12.4 Å². The molecular weight excluding hydrogens is 396 g/mol.